The average Bonchev–Trinajstić information content (AvgIpc) is 3.46. The largest absolute Gasteiger partial charge is 0.489 e. The second-order valence-corrected chi connectivity index (χ2v) is 10.9. The highest BCUT2D eigenvalue weighted by Gasteiger charge is 2.22. The van der Waals surface area contributed by atoms with Crippen LogP contribution >= 0.6 is 0 Å². The number of furan rings is 1. The van der Waals surface area contributed by atoms with Crippen molar-refractivity contribution >= 4 is 28.3 Å². The fraction of sp³-hybridized carbons (Fsp3) is 0.222. The van der Waals surface area contributed by atoms with E-state index in [0.29, 0.717) is 24.3 Å². The molecule has 1 heterocycles. The molecular weight excluding hydrogens is 572 g/mol. The van der Waals surface area contributed by atoms with Crippen LogP contribution in [0.15, 0.2) is 95.4 Å². The number of aryl methyl sites for hydroxylation is 2. The van der Waals surface area contributed by atoms with Crippen molar-refractivity contribution in [2.45, 2.75) is 38.7 Å². The van der Waals surface area contributed by atoms with Gasteiger partial charge in [0.15, 0.2) is 22.9 Å². The van der Waals surface area contributed by atoms with Gasteiger partial charge >= 0.3 is 5.69 Å². The van der Waals surface area contributed by atoms with Crippen LogP contribution in [0.4, 0.5) is 5.69 Å². The zero-order valence-corrected chi connectivity index (χ0v) is 24.6. The Kier molecular flexibility index (Phi) is 8.86. The van der Waals surface area contributed by atoms with Gasteiger partial charge in [-0.2, -0.15) is 0 Å². The predicted molar refractivity (Wildman–Crippen MR) is 169 cm³/mol. The van der Waals surface area contributed by atoms with Gasteiger partial charge in [-0.05, 0) is 54.7 Å². The Morgan fingerprint density at radius 2 is 1.67 bits per heavy atom. The van der Waals surface area contributed by atoms with Crippen molar-refractivity contribution in [3.05, 3.63) is 135 Å². The van der Waals surface area contributed by atoms with E-state index in [1.165, 1.54) is 23.8 Å². The minimum absolute atomic E-state index is 0.0588. The number of nitrogens with zero attached hydrogens (tertiary/aromatic N) is 1. The molecule has 1 aliphatic rings. The van der Waals surface area contributed by atoms with Crippen LogP contribution in [-0.4, -0.2) is 29.8 Å². The molecule has 0 unspecified atom stereocenters. The van der Waals surface area contributed by atoms with Crippen molar-refractivity contribution in [2.75, 3.05) is 13.2 Å². The second kappa shape index (κ2) is 13.5. The summed E-state index contributed by atoms with van der Waals surface area (Å²) in [5.41, 5.74) is 3.88. The second-order valence-electron chi connectivity index (χ2n) is 10.9. The number of para-hydroxylation sites is 1. The normalized spacial score (nSPS) is 12.4. The highest BCUT2D eigenvalue weighted by atomic mass is 16.6. The number of nitrogens with one attached hydrogen (secondary N) is 1. The molecule has 9 nitrogen and oxygen atoms in total. The number of amides is 1. The van der Waals surface area contributed by atoms with Crippen molar-refractivity contribution < 1.29 is 28.4 Å². The lowest BCUT2D eigenvalue weighted by molar-refractivity contribution is -0.386. The zero-order chi connectivity index (χ0) is 31.2. The average molecular weight is 605 g/mol. The van der Waals surface area contributed by atoms with E-state index < -0.39 is 16.6 Å². The molecule has 1 amide bonds. The molecule has 0 fully saturated rings. The number of benzene rings is 4. The minimum Gasteiger partial charge on any atom is -0.489 e. The van der Waals surface area contributed by atoms with Crippen LogP contribution in [0.1, 0.15) is 56.0 Å². The summed E-state index contributed by atoms with van der Waals surface area (Å²) >= 11 is 0. The third-order valence-corrected chi connectivity index (χ3v) is 7.96. The summed E-state index contributed by atoms with van der Waals surface area (Å²) in [5.74, 6) is 0.905. The molecule has 0 atom stereocenters. The van der Waals surface area contributed by atoms with Crippen molar-refractivity contribution in [1.29, 1.82) is 0 Å². The smallest absolute Gasteiger partial charge is 0.311 e. The van der Waals surface area contributed by atoms with Crippen LogP contribution in [-0.2, 0) is 25.9 Å². The maximum absolute atomic E-state index is 13.1. The standard InChI is InChI=1S/C36H32N2O7/c39-31(26-17-18-33(30(21-26)38(41)42)44-23-24-9-2-1-3-10-24)22-37-36(40)27-12-5-4-11-25(27)19-20-43-34-16-8-14-29-28-13-6-7-15-32(28)45-35(29)34/h1-5,8-12,14,16-18,21H,6-7,13,15,19-20,22-23H2,(H,37,40). The molecule has 1 aromatic heterocycles. The summed E-state index contributed by atoms with van der Waals surface area (Å²) in [6.45, 7) is 0.155. The van der Waals surface area contributed by atoms with E-state index in [1.807, 2.05) is 54.6 Å². The molecule has 0 spiro atoms. The molecule has 0 aliphatic heterocycles. The summed E-state index contributed by atoms with van der Waals surface area (Å²) < 4.78 is 17.9. The maximum atomic E-state index is 13.1. The summed E-state index contributed by atoms with van der Waals surface area (Å²) in [4.78, 5) is 37.2. The number of ether oxygens (including phenoxy) is 2. The van der Waals surface area contributed by atoms with E-state index in [1.54, 1.807) is 12.1 Å². The fourth-order valence-corrected chi connectivity index (χ4v) is 5.65. The first kappa shape index (κ1) is 29.6. The monoisotopic (exact) mass is 604 g/mol. The van der Waals surface area contributed by atoms with E-state index in [9.17, 15) is 19.7 Å². The van der Waals surface area contributed by atoms with Gasteiger partial charge < -0.3 is 19.2 Å². The number of ketones is 1. The van der Waals surface area contributed by atoms with Gasteiger partial charge in [-0.15, -0.1) is 0 Å². The maximum Gasteiger partial charge on any atom is 0.311 e. The van der Waals surface area contributed by atoms with Crippen LogP contribution in [0.2, 0.25) is 0 Å². The van der Waals surface area contributed by atoms with Crippen molar-refractivity contribution in [1.82, 2.24) is 5.32 Å². The van der Waals surface area contributed by atoms with Gasteiger partial charge in [0.2, 0.25) is 0 Å². The van der Waals surface area contributed by atoms with E-state index in [4.69, 9.17) is 13.9 Å². The molecule has 1 N–H and O–H groups in total. The molecular formula is C36H32N2O7. The van der Waals surface area contributed by atoms with E-state index in [0.717, 1.165) is 53.5 Å². The third-order valence-electron chi connectivity index (χ3n) is 7.96. The first-order chi connectivity index (χ1) is 22.0. The Bertz CT molecular complexity index is 1860. The Morgan fingerprint density at radius 1 is 0.867 bits per heavy atom. The number of nitro groups is 1. The van der Waals surface area contributed by atoms with Gasteiger partial charge in [0.1, 0.15) is 12.4 Å². The highest BCUT2D eigenvalue weighted by Crippen LogP contribution is 2.36. The topological polar surface area (TPSA) is 121 Å². The summed E-state index contributed by atoms with van der Waals surface area (Å²) in [5, 5.41) is 15.5. The molecule has 1 aliphatic carbocycles. The minimum atomic E-state index is -0.589. The number of hydrogen-bond acceptors (Lipinski definition) is 7. The molecule has 4 aromatic carbocycles. The van der Waals surface area contributed by atoms with Gasteiger partial charge in [0.25, 0.3) is 5.91 Å². The van der Waals surface area contributed by atoms with Crippen LogP contribution in [0.25, 0.3) is 11.0 Å². The molecule has 0 saturated carbocycles. The Labute approximate surface area is 259 Å². The van der Waals surface area contributed by atoms with Gasteiger partial charge in [-0.3, -0.25) is 19.7 Å². The van der Waals surface area contributed by atoms with Gasteiger partial charge in [-0.1, -0.05) is 60.7 Å². The molecule has 228 valence electrons. The van der Waals surface area contributed by atoms with Gasteiger partial charge in [0, 0.05) is 41.0 Å². The molecule has 0 saturated heterocycles. The van der Waals surface area contributed by atoms with Crippen molar-refractivity contribution in [3.63, 3.8) is 0 Å². The van der Waals surface area contributed by atoms with Crippen molar-refractivity contribution in [2.24, 2.45) is 0 Å². The number of fused-ring (bicyclic) bond motifs is 3. The number of Topliss-reactive ketones (excluding diaryl/α,β-unsaturated/α-hetero) is 1. The lowest BCUT2D eigenvalue weighted by Crippen LogP contribution is -2.30. The molecule has 6 rings (SSSR count). The Hall–Kier alpha value is -5.44. The van der Waals surface area contributed by atoms with E-state index >= 15 is 0 Å². The lowest BCUT2D eigenvalue weighted by Gasteiger charge is -2.12. The first-order valence-corrected chi connectivity index (χ1v) is 15.0. The van der Waals surface area contributed by atoms with Crippen molar-refractivity contribution in [3.8, 4) is 11.5 Å². The Balaban J connectivity index is 1.07. The fourth-order valence-electron chi connectivity index (χ4n) is 5.65. The van der Waals surface area contributed by atoms with Crippen LogP contribution in [0.5, 0.6) is 11.5 Å². The molecule has 9 heteroatoms. The molecule has 0 radical (unpaired) electrons. The van der Waals surface area contributed by atoms with Gasteiger partial charge in [-0.25, -0.2) is 0 Å². The predicted octanol–water partition coefficient (Wildman–Crippen LogP) is 7.03. The molecule has 45 heavy (non-hydrogen) atoms. The number of hydrogen-bond donors (Lipinski definition) is 1. The van der Waals surface area contributed by atoms with Crippen LogP contribution in [0.3, 0.4) is 0 Å². The van der Waals surface area contributed by atoms with Gasteiger partial charge in [0.05, 0.1) is 18.1 Å². The zero-order valence-electron chi connectivity index (χ0n) is 24.6. The van der Waals surface area contributed by atoms with E-state index in [2.05, 4.69) is 11.4 Å². The number of carbonyl (C=O) groups excluding carboxylic acids is 2. The van der Waals surface area contributed by atoms with Crippen LogP contribution < -0.4 is 14.8 Å². The quantitative estimate of drug-likeness (QED) is 0.0922. The third kappa shape index (κ3) is 6.72. The van der Waals surface area contributed by atoms with E-state index in [-0.39, 0.29) is 30.2 Å². The lowest BCUT2D eigenvalue weighted by atomic mass is 9.96. The Morgan fingerprint density at radius 3 is 2.51 bits per heavy atom. The molecule has 0 bridgehead atoms. The highest BCUT2D eigenvalue weighted by molar-refractivity contribution is 6.03. The summed E-state index contributed by atoms with van der Waals surface area (Å²) in [7, 11) is 0. The summed E-state index contributed by atoms with van der Waals surface area (Å²) in [6.07, 6.45) is 4.71. The SMILES string of the molecule is O=C(CNC(=O)c1ccccc1CCOc1cccc2c3c(oc12)CCCC3)c1ccc(OCc2ccccc2)c([N+](=O)[O-])c1. The number of rotatable bonds is 12. The number of carbonyl (C=O) groups is 2. The van der Waals surface area contributed by atoms with Crippen LogP contribution in [0, 0.1) is 10.1 Å². The summed E-state index contributed by atoms with van der Waals surface area (Å²) in [6, 6.07) is 26.4. The first-order valence-electron chi connectivity index (χ1n) is 15.0. The molecule has 5 aromatic rings. The number of nitro benzene ring substituents is 1.